The Labute approximate surface area is 70.1 Å². The van der Waals surface area contributed by atoms with Crippen molar-refractivity contribution in [3.05, 3.63) is 17.0 Å². The average Bonchev–Trinajstić information content (AvgIpc) is 2.34. The van der Waals surface area contributed by atoms with Gasteiger partial charge in [0.1, 0.15) is 5.69 Å². The number of hydrogen-bond donors (Lipinski definition) is 3. The third-order valence-electron chi connectivity index (χ3n) is 1.71. The molecule has 0 aliphatic heterocycles. The first-order valence-electron chi connectivity index (χ1n) is 3.70. The van der Waals surface area contributed by atoms with Crippen LogP contribution in [0.4, 0.5) is 0 Å². The maximum Gasteiger partial charge on any atom is 0.267 e. The molecule has 0 bridgehead atoms. The lowest BCUT2D eigenvalue weighted by Gasteiger charge is -1.97. The van der Waals surface area contributed by atoms with Gasteiger partial charge in [-0.25, -0.2) is 0 Å². The molecule has 0 saturated heterocycles. The summed E-state index contributed by atoms with van der Waals surface area (Å²) in [7, 11) is 0. The molecule has 1 aromatic heterocycles. The van der Waals surface area contributed by atoms with Crippen LogP contribution in [0, 0.1) is 6.92 Å². The van der Waals surface area contributed by atoms with Crippen molar-refractivity contribution in [3.8, 4) is 0 Å². The fourth-order valence-electron chi connectivity index (χ4n) is 1.11. The third kappa shape index (κ3) is 1.45. The summed E-state index contributed by atoms with van der Waals surface area (Å²) >= 11 is 0. The number of aromatic amines is 1. The highest BCUT2D eigenvalue weighted by molar-refractivity contribution is 5.92. The molecule has 1 heterocycles. The van der Waals surface area contributed by atoms with E-state index in [9.17, 15) is 4.79 Å². The van der Waals surface area contributed by atoms with Crippen LogP contribution in [0.15, 0.2) is 0 Å². The van der Waals surface area contributed by atoms with E-state index in [1.807, 2.05) is 6.92 Å². The predicted octanol–water partition coefficient (Wildman–Crippen LogP) is -0.682. The molecule has 0 atom stereocenters. The number of H-pyrrole nitrogens is 1. The summed E-state index contributed by atoms with van der Waals surface area (Å²) in [4.78, 5) is 10.8. The van der Waals surface area contributed by atoms with Crippen LogP contribution in [0.3, 0.4) is 0 Å². The fourth-order valence-corrected chi connectivity index (χ4v) is 1.11. The second-order valence-corrected chi connectivity index (χ2v) is 2.57. The van der Waals surface area contributed by atoms with Crippen molar-refractivity contribution in [2.24, 2.45) is 11.5 Å². The summed E-state index contributed by atoms with van der Waals surface area (Å²) in [6, 6.07) is 0. The van der Waals surface area contributed by atoms with E-state index in [2.05, 4.69) is 10.2 Å². The molecular weight excluding hydrogens is 156 g/mol. The Kier molecular flexibility index (Phi) is 2.44. The highest BCUT2D eigenvalue weighted by atomic mass is 16.1. The molecule has 66 valence electrons. The smallest absolute Gasteiger partial charge is 0.267 e. The summed E-state index contributed by atoms with van der Waals surface area (Å²) in [5.74, 6) is -0.487. The number of rotatable bonds is 3. The van der Waals surface area contributed by atoms with Crippen LogP contribution < -0.4 is 11.5 Å². The summed E-state index contributed by atoms with van der Waals surface area (Å²) in [5, 5.41) is 6.45. The number of nitrogens with one attached hydrogen (secondary N) is 1. The van der Waals surface area contributed by atoms with Crippen LogP contribution in [0.1, 0.15) is 21.7 Å². The van der Waals surface area contributed by atoms with Gasteiger partial charge >= 0.3 is 0 Å². The van der Waals surface area contributed by atoms with Gasteiger partial charge in [0.25, 0.3) is 5.91 Å². The van der Waals surface area contributed by atoms with Gasteiger partial charge in [0.15, 0.2) is 0 Å². The Hall–Kier alpha value is -1.36. The molecule has 5 heteroatoms. The first-order valence-corrected chi connectivity index (χ1v) is 3.70. The highest BCUT2D eigenvalue weighted by Crippen LogP contribution is 2.09. The van der Waals surface area contributed by atoms with Crippen molar-refractivity contribution >= 4 is 5.91 Å². The minimum atomic E-state index is -0.487. The number of aromatic nitrogens is 2. The maximum absolute atomic E-state index is 10.8. The highest BCUT2D eigenvalue weighted by Gasteiger charge is 2.12. The molecule has 1 rings (SSSR count). The monoisotopic (exact) mass is 168 g/mol. The second kappa shape index (κ2) is 3.36. The number of nitrogens with two attached hydrogens (primary N) is 2. The van der Waals surface area contributed by atoms with Crippen molar-refractivity contribution < 1.29 is 4.79 Å². The summed E-state index contributed by atoms with van der Waals surface area (Å²) < 4.78 is 0. The van der Waals surface area contributed by atoms with E-state index < -0.39 is 5.91 Å². The lowest BCUT2D eigenvalue weighted by atomic mass is 10.1. The van der Waals surface area contributed by atoms with E-state index >= 15 is 0 Å². The SMILES string of the molecule is Cc1n[nH]c(C(N)=O)c1CCN. The molecule has 0 spiro atoms. The van der Waals surface area contributed by atoms with Crippen LogP contribution >= 0.6 is 0 Å². The number of primary amides is 1. The standard InChI is InChI=1S/C7H12N4O/c1-4-5(2-3-8)6(7(9)12)11-10-4/h2-3,8H2,1H3,(H2,9,12)(H,10,11). The van der Waals surface area contributed by atoms with Crippen LogP contribution in [0.2, 0.25) is 0 Å². The largest absolute Gasteiger partial charge is 0.364 e. The minimum absolute atomic E-state index is 0.373. The fraction of sp³-hybridized carbons (Fsp3) is 0.429. The normalized spacial score (nSPS) is 10.2. The van der Waals surface area contributed by atoms with E-state index in [-0.39, 0.29) is 0 Å². The Morgan fingerprint density at radius 1 is 1.67 bits per heavy atom. The van der Waals surface area contributed by atoms with Gasteiger partial charge in [0.2, 0.25) is 0 Å². The molecule has 5 nitrogen and oxygen atoms in total. The van der Waals surface area contributed by atoms with E-state index in [1.54, 1.807) is 0 Å². The van der Waals surface area contributed by atoms with Gasteiger partial charge in [0.05, 0.1) is 5.69 Å². The molecule has 1 aromatic rings. The van der Waals surface area contributed by atoms with Gasteiger partial charge in [-0.15, -0.1) is 0 Å². The Morgan fingerprint density at radius 2 is 2.33 bits per heavy atom. The summed E-state index contributed by atoms with van der Waals surface area (Å²) in [6.45, 7) is 2.30. The van der Waals surface area contributed by atoms with Crippen molar-refractivity contribution in [1.29, 1.82) is 0 Å². The van der Waals surface area contributed by atoms with E-state index in [0.717, 1.165) is 11.3 Å². The van der Waals surface area contributed by atoms with Crippen LogP contribution in [-0.2, 0) is 6.42 Å². The lowest BCUT2D eigenvalue weighted by Crippen LogP contribution is -2.15. The molecule has 0 fully saturated rings. The number of hydrogen-bond acceptors (Lipinski definition) is 3. The van der Waals surface area contributed by atoms with E-state index in [0.29, 0.717) is 18.7 Å². The Bertz CT molecular complexity index is 292. The molecule has 0 aliphatic carbocycles. The van der Waals surface area contributed by atoms with Crippen molar-refractivity contribution in [3.63, 3.8) is 0 Å². The van der Waals surface area contributed by atoms with Crippen molar-refractivity contribution in [2.45, 2.75) is 13.3 Å². The summed E-state index contributed by atoms with van der Waals surface area (Å²) in [6.07, 6.45) is 0.626. The summed E-state index contributed by atoms with van der Waals surface area (Å²) in [5.41, 5.74) is 12.5. The zero-order valence-corrected chi connectivity index (χ0v) is 6.92. The Morgan fingerprint density at radius 3 is 2.83 bits per heavy atom. The lowest BCUT2D eigenvalue weighted by molar-refractivity contribution is 0.0994. The minimum Gasteiger partial charge on any atom is -0.364 e. The predicted molar refractivity (Wildman–Crippen MR) is 44.6 cm³/mol. The average molecular weight is 168 g/mol. The van der Waals surface area contributed by atoms with Crippen molar-refractivity contribution in [2.75, 3.05) is 6.54 Å². The Balaban J connectivity index is 3.03. The van der Waals surface area contributed by atoms with Crippen molar-refractivity contribution in [1.82, 2.24) is 10.2 Å². The number of carbonyl (C=O) groups excluding carboxylic acids is 1. The molecule has 5 N–H and O–H groups in total. The van der Waals surface area contributed by atoms with Gasteiger partial charge in [-0.1, -0.05) is 0 Å². The van der Waals surface area contributed by atoms with Crippen LogP contribution in [-0.4, -0.2) is 22.6 Å². The van der Waals surface area contributed by atoms with E-state index in [4.69, 9.17) is 11.5 Å². The van der Waals surface area contributed by atoms with Crippen LogP contribution in [0.5, 0.6) is 0 Å². The van der Waals surface area contributed by atoms with E-state index in [1.165, 1.54) is 0 Å². The third-order valence-corrected chi connectivity index (χ3v) is 1.71. The number of carbonyl (C=O) groups is 1. The molecule has 0 radical (unpaired) electrons. The van der Waals surface area contributed by atoms with Crippen LogP contribution in [0.25, 0.3) is 0 Å². The number of amides is 1. The van der Waals surface area contributed by atoms with Gasteiger partial charge < -0.3 is 11.5 Å². The van der Waals surface area contributed by atoms with Gasteiger partial charge in [-0.3, -0.25) is 9.89 Å². The van der Waals surface area contributed by atoms with Gasteiger partial charge in [0, 0.05) is 5.56 Å². The first-order chi connectivity index (χ1) is 5.66. The zero-order chi connectivity index (χ0) is 9.14. The molecule has 0 aliphatic rings. The molecule has 0 aromatic carbocycles. The first kappa shape index (κ1) is 8.73. The number of nitrogens with zero attached hydrogens (tertiary/aromatic N) is 1. The molecular formula is C7H12N4O. The molecule has 0 saturated carbocycles. The number of aryl methyl sites for hydroxylation is 1. The topological polar surface area (TPSA) is 97.8 Å². The maximum atomic E-state index is 10.8. The molecule has 1 amide bonds. The molecule has 0 unspecified atom stereocenters. The second-order valence-electron chi connectivity index (χ2n) is 2.57. The molecule has 12 heavy (non-hydrogen) atoms. The van der Waals surface area contributed by atoms with Gasteiger partial charge in [-0.2, -0.15) is 5.10 Å². The quantitative estimate of drug-likeness (QED) is 0.557. The van der Waals surface area contributed by atoms with Gasteiger partial charge in [-0.05, 0) is 19.9 Å². The zero-order valence-electron chi connectivity index (χ0n) is 6.92.